The van der Waals surface area contributed by atoms with Gasteiger partial charge in [0.2, 0.25) is 0 Å². The topological polar surface area (TPSA) is 38.5 Å². The van der Waals surface area contributed by atoms with Crippen molar-refractivity contribution in [3.05, 3.63) is 53.7 Å². The van der Waals surface area contributed by atoms with Crippen LogP contribution in [0.25, 0.3) is 16.4 Å². The molecule has 3 nitrogen and oxygen atoms in total. The van der Waals surface area contributed by atoms with Crippen LogP contribution in [0.4, 0.5) is 0 Å². The van der Waals surface area contributed by atoms with Gasteiger partial charge in [-0.15, -0.1) is 0 Å². The summed E-state index contributed by atoms with van der Waals surface area (Å²) in [6, 6.07) is 11.2. The molecule has 0 unspecified atom stereocenters. The molecule has 0 bridgehead atoms. The fourth-order valence-corrected chi connectivity index (χ4v) is 2.53. The van der Waals surface area contributed by atoms with Gasteiger partial charge in [0.15, 0.2) is 11.6 Å². The molecule has 0 saturated heterocycles. The van der Waals surface area contributed by atoms with Crippen LogP contribution in [-0.2, 0) is 0 Å². The summed E-state index contributed by atoms with van der Waals surface area (Å²) in [4.78, 5) is 23.4. The van der Waals surface area contributed by atoms with Gasteiger partial charge in [-0.2, -0.15) is 0 Å². The van der Waals surface area contributed by atoms with Crippen LogP contribution in [0.2, 0.25) is 0 Å². The van der Waals surface area contributed by atoms with E-state index in [2.05, 4.69) is 0 Å². The third-order valence-corrected chi connectivity index (χ3v) is 3.40. The lowest BCUT2D eigenvalue weighted by Crippen LogP contribution is -1.92. The van der Waals surface area contributed by atoms with Gasteiger partial charge in [-0.05, 0) is 32.0 Å². The molecule has 0 aliphatic heterocycles. The Kier molecular flexibility index (Phi) is 2.49. The van der Waals surface area contributed by atoms with Crippen molar-refractivity contribution in [2.75, 3.05) is 0 Å². The highest BCUT2D eigenvalue weighted by Crippen LogP contribution is 2.28. The monoisotopic (exact) mass is 251 g/mol. The highest BCUT2D eigenvalue weighted by atomic mass is 16.1. The first-order valence-electron chi connectivity index (χ1n) is 6.14. The second-order valence-electron chi connectivity index (χ2n) is 4.68. The van der Waals surface area contributed by atoms with Crippen LogP contribution in [0, 0.1) is 0 Å². The largest absolute Gasteiger partial charge is 0.316 e. The minimum atomic E-state index is 0.0251. The van der Waals surface area contributed by atoms with Crippen LogP contribution in [0.1, 0.15) is 34.6 Å². The van der Waals surface area contributed by atoms with E-state index in [1.807, 2.05) is 40.9 Å². The molecule has 0 atom stereocenters. The first-order chi connectivity index (χ1) is 9.09. The van der Waals surface area contributed by atoms with E-state index in [0.717, 1.165) is 16.4 Å². The minimum Gasteiger partial charge on any atom is -0.316 e. The number of benzene rings is 1. The molecule has 0 N–H and O–H groups in total. The predicted octanol–water partition coefficient (Wildman–Crippen LogP) is 3.50. The maximum absolute atomic E-state index is 11.9. The van der Waals surface area contributed by atoms with Crippen LogP contribution in [0.3, 0.4) is 0 Å². The summed E-state index contributed by atoms with van der Waals surface area (Å²) in [5, 5.41) is 0.892. The Bertz CT molecular complexity index is 827. The minimum absolute atomic E-state index is 0.0251. The van der Waals surface area contributed by atoms with E-state index < -0.39 is 0 Å². The van der Waals surface area contributed by atoms with E-state index in [1.165, 1.54) is 0 Å². The molecule has 19 heavy (non-hydrogen) atoms. The number of nitrogens with zero attached hydrogens (tertiary/aromatic N) is 1. The van der Waals surface area contributed by atoms with Gasteiger partial charge in [-0.3, -0.25) is 9.59 Å². The number of pyridine rings is 1. The Morgan fingerprint density at radius 3 is 2.42 bits per heavy atom. The summed E-state index contributed by atoms with van der Waals surface area (Å²) in [5.41, 5.74) is 3.15. The molecule has 0 spiro atoms. The molecule has 0 aliphatic rings. The fraction of sp³-hybridized carbons (Fsp3) is 0.125. The van der Waals surface area contributed by atoms with Crippen molar-refractivity contribution in [2.45, 2.75) is 13.8 Å². The lowest BCUT2D eigenvalue weighted by atomic mass is 10.1. The van der Waals surface area contributed by atoms with Crippen LogP contribution >= 0.6 is 0 Å². The molecule has 0 fully saturated rings. The van der Waals surface area contributed by atoms with Gasteiger partial charge in [0.25, 0.3) is 0 Å². The van der Waals surface area contributed by atoms with Crippen LogP contribution < -0.4 is 0 Å². The SMILES string of the molecule is CC(=O)c1ccc2c(C(C)=O)c3ccccn3c2c1. The number of hydrogen-bond acceptors (Lipinski definition) is 2. The van der Waals surface area contributed by atoms with Crippen molar-refractivity contribution < 1.29 is 9.59 Å². The van der Waals surface area contributed by atoms with Crippen molar-refractivity contribution >= 4 is 28.0 Å². The van der Waals surface area contributed by atoms with E-state index in [4.69, 9.17) is 0 Å². The lowest BCUT2D eigenvalue weighted by molar-refractivity contribution is 0.101. The zero-order valence-corrected chi connectivity index (χ0v) is 10.8. The molecule has 0 aliphatic carbocycles. The number of hydrogen-bond donors (Lipinski definition) is 0. The highest BCUT2D eigenvalue weighted by molar-refractivity contribution is 6.14. The van der Waals surface area contributed by atoms with Gasteiger partial charge in [0.1, 0.15) is 0 Å². The zero-order chi connectivity index (χ0) is 13.6. The molecule has 0 saturated carbocycles. The molecule has 0 amide bonds. The fourth-order valence-electron chi connectivity index (χ4n) is 2.53. The first kappa shape index (κ1) is 11.7. The number of ketones is 2. The van der Waals surface area contributed by atoms with Crippen molar-refractivity contribution in [2.24, 2.45) is 0 Å². The Labute approximate surface area is 110 Å². The smallest absolute Gasteiger partial charge is 0.162 e. The standard InChI is InChI=1S/C16H13NO2/c1-10(18)12-6-7-13-15(9-12)17-8-4-3-5-14(17)16(13)11(2)19/h3-9H,1-2H3. The summed E-state index contributed by atoms with van der Waals surface area (Å²) >= 11 is 0. The van der Waals surface area contributed by atoms with Crippen molar-refractivity contribution in [1.82, 2.24) is 4.40 Å². The quantitative estimate of drug-likeness (QED) is 0.654. The highest BCUT2D eigenvalue weighted by Gasteiger charge is 2.15. The van der Waals surface area contributed by atoms with E-state index in [9.17, 15) is 9.59 Å². The van der Waals surface area contributed by atoms with E-state index in [-0.39, 0.29) is 11.6 Å². The van der Waals surface area contributed by atoms with Crippen molar-refractivity contribution in [1.29, 1.82) is 0 Å². The molecule has 2 heterocycles. The van der Waals surface area contributed by atoms with Crippen molar-refractivity contribution in [3.8, 4) is 0 Å². The van der Waals surface area contributed by atoms with E-state index >= 15 is 0 Å². The summed E-state index contributed by atoms with van der Waals surface area (Å²) in [6.45, 7) is 3.11. The number of aromatic nitrogens is 1. The summed E-state index contributed by atoms with van der Waals surface area (Å²) in [6.07, 6.45) is 1.91. The van der Waals surface area contributed by atoms with Gasteiger partial charge in [0.05, 0.1) is 16.6 Å². The second-order valence-corrected chi connectivity index (χ2v) is 4.68. The third kappa shape index (κ3) is 1.66. The number of fused-ring (bicyclic) bond motifs is 3. The average Bonchev–Trinajstić information content (AvgIpc) is 2.72. The zero-order valence-electron chi connectivity index (χ0n) is 10.8. The molecule has 3 rings (SSSR count). The second kappa shape index (κ2) is 4.05. The molecular weight excluding hydrogens is 238 g/mol. The van der Waals surface area contributed by atoms with E-state index in [0.29, 0.717) is 11.1 Å². The Morgan fingerprint density at radius 2 is 1.74 bits per heavy atom. The van der Waals surface area contributed by atoms with E-state index in [1.54, 1.807) is 19.9 Å². The predicted molar refractivity (Wildman–Crippen MR) is 74.9 cm³/mol. The Balaban J connectivity index is 2.52. The van der Waals surface area contributed by atoms with Gasteiger partial charge in [0, 0.05) is 17.1 Å². The van der Waals surface area contributed by atoms with Crippen LogP contribution in [0.5, 0.6) is 0 Å². The van der Waals surface area contributed by atoms with Gasteiger partial charge in [-0.1, -0.05) is 18.2 Å². The van der Waals surface area contributed by atoms with Crippen LogP contribution in [-0.4, -0.2) is 16.0 Å². The Hall–Kier alpha value is -2.42. The molecule has 3 heteroatoms. The molecule has 0 radical (unpaired) electrons. The number of Topliss-reactive ketones (excluding diaryl/α,β-unsaturated/α-hetero) is 2. The van der Waals surface area contributed by atoms with Crippen molar-refractivity contribution in [3.63, 3.8) is 0 Å². The number of rotatable bonds is 2. The molecule has 3 aromatic rings. The number of carbonyl (C=O) groups is 2. The molecule has 2 aromatic heterocycles. The van der Waals surface area contributed by atoms with Gasteiger partial charge < -0.3 is 4.40 Å². The lowest BCUT2D eigenvalue weighted by Gasteiger charge is -1.98. The average molecular weight is 251 g/mol. The third-order valence-electron chi connectivity index (χ3n) is 3.40. The molecular formula is C16H13NO2. The van der Waals surface area contributed by atoms with Gasteiger partial charge >= 0.3 is 0 Å². The van der Waals surface area contributed by atoms with Gasteiger partial charge in [-0.25, -0.2) is 0 Å². The summed E-state index contributed by atoms with van der Waals surface area (Å²) in [7, 11) is 0. The number of carbonyl (C=O) groups excluding carboxylic acids is 2. The Morgan fingerprint density at radius 1 is 0.947 bits per heavy atom. The summed E-state index contributed by atoms with van der Waals surface area (Å²) in [5.74, 6) is 0.0615. The van der Waals surface area contributed by atoms with Crippen LogP contribution in [0.15, 0.2) is 42.6 Å². The normalized spacial score (nSPS) is 11.1. The molecule has 1 aromatic carbocycles. The molecule has 94 valence electrons. The maximum Gasteiger partial charge on any atom is 0.162 e. The summed E-state index contributed by atoms with van der Waals surface area (Å²) < 4.78 is 1.96. The first-order valence-corrected chi connectivity index (χ1v) is 6.14. The maximum atomic E-state index is 11.9.